The largest absolute Gasteiger partial charge is 0.481 e. The van der Waals surface area contributed by atoms with Crippen LogP contribution in [0.4, 0.5) is 0 Å². The Morgan fingerprint density at radius 1 is 1.42 bits per heavy atom. The topological polar surface area (TPSA) is 104 Å². The molecule has 2 rings (SSSR count). The second kappa shape index (κ2) is 7.47. The number of carbonyl (C=O) groups excluding carboxylic acids is 1. The smallest absolute Gasteiger partial charge is 0.305 e. The van der Waals surface area contributed by atoms with E-state index in [0.29, 0.717) is 13.0 Å². The van der Waals surface area contributed by atoms with Crippen molar-refractivity contribution in [3.63, 3.8) is 0 Å². The number of carboxylic acids is 1. The number of likely N-dealkylation sites (tertiary alicyclic amines) is 1. The molecule has 24 heavy (non-hydrogen) atoms. The summed E-state index contributed by atoms with van der Waals surface area (Å²) in [6.07, 6.45) is 6.28. The maximum Gasteiger partial charge on any atom is 0.305 e. The Bertz CT molecular complexity index is 782. The zero-order valence-electron chi connectivity index (χ0n) is 12.9. The minimum absolute atomic E-state index is 0.0578. The lowest BCUT2D eigenvalue weighted by Gasteiger charge is -2.23. The molecule has 1 fully saturated rings. The van der Waals surface area contributed by atoms with Gasteiger partial charge in [0.25, 0.3) is 5.91 Å². The quantitative estimate of drug-likeness (QED) is 0.734. The maximum absolute atomic E-state index is 12.6. The van der Waals surface area contributed by atoms with Crippen LogP contribution in [0.3, 0.4) is 0 Å². The summed E-state index contributed by atoms with van der Waals surface area (Å²) in [5.74, 6) is 0.847. The first kappa shape index (κ1) is 18.0. The molecule has 0 spiro atoms. The van der Waals surface area contributed by atoms with Gasteiger partial charge in [0.1, 0.15) is 0 Å². The number of rotatable bonds is 6. The van der Waals surface area contributed by atoms with Crippen molar-refractivity contribution in [2.45, 2.75) is 30.2 Å². The predicted octanol–water partition coefficient (Wildman–Crippen LogP) is 0.677. The van der Waals surface area contributed by atoms with E-state index in [1.54, 1.807) is 0 Å². The number of terminal acetylenes is 1. The van der Waals surface area contributed by atoms with Crippen molar-refractivity contribution in [3.05, 3.63) is 29.8 Å². The van der Waals surface area contributed by atoms with Gasteiger partial charge in [0.2, 0.25) is 10.0 Å². The summed E-state index contributed by atoms with van der Waals surface area (Å²) in [7, 11) is -3.79. The van der Waals surface area contributed by atoms with Gasteiger partial charge in [0.15, 0.2) is 0 Å². The molecule has 0 radical (unpaired) electrons. The molecule has 1 aromatic rings. The van der Waals surface area contributed by atoms with Gasteiger partial charge < -0.3 is 10.0 Å². The number of hydrogen-bond donors (Lipinski definition) is 2. The maximum atomic E-state index is 12.6. The Morgan fingerprint density at radius 3 is 2.83 bits per heavy atom. The average molecular weight is 350 g/mol. The molecular formula is C16H18N2O5S. The minimum Gasteiger partial charge on any atom is -0.481 e. The Morgan fingerprint density at radius 2 is 2.17 bits per heavy atom. The molecule has 0 saturated carbocycles. The lowest BCUT2D eigenvalue weighted by Crippen LogP contribution is -2.37. The number of carbonyl (C=O) groups is 2. The van der Waals surface area contributed by atoms with Crippen LogP contribution >= 0.6 is 0 Å². The lowest BCUT2D eigenvalue weighted by atomic mass is 10.1. The second-order valence-corrected chi connectivity index (χ2v) is 7.22. The van der Waals surface area contributed by atoms with E-state index in [2.05, 4.69) is 10.6 Å². The molecule has 0 aromatic heterocycles. The van der Waals surface area contributed by atoms with Crippen LogP contribution in [-0.4, -0.2) is 49.4 Å². The van der Waals surface area contributed by atoms with Gasteiger partial charge in [0.05, 0.1) is 17.9 Å². The summed E-state index contributed by atoms with van der Waals surface area (Å²) in [4.78, 5) is 25.0. The molecule has 0 bridgehead atoms. The predicted molar refractivity (Wildman–Crippen MR) is 86.8 cm³/mol. The molecule has 128 valence electrons. The standard InChI is InChI=1S/C16H18N2O5S/c1-2-8-17-24(22,23)14-7-3-5-12(10-14)16(21)18-9-4-6-13(18)11-15(19)20/h1,3,5,7,10,13,17H,4,6,8-9,11H2,(H,19,20). The third-order valence-corrected chi connectivity index (χ3v) is 5.20. The number of nitrogens with one attached hydrogen (secondary N) is 1. The van der Waals surface area contributed by atoms with Crippen LogP contribution in [0.15, 0.2) is 29.2 Å². The summed E-state index contributed by atoms with van der Waals surface area (Å²) in [5.41, 5.74) is 0.205. The fraction of sp³-hybridized carbons (Fsp3) is 0.375. The molecule has 1 aliphatic rings. The number of benzene rings is 1. The Hall–Kier alpha value is -2.37. The molecule has 0 aliphatic carbocycles. The number of nitrogens with zero attached hydrogens (tertiary/aromatic N) is 1. The number of amides is 1. The lowest BCUT2D eigenvalue weighted by molar-refractivity contribution is -0.137. The molecule has 1 atom stereocenters. The molecule has 2 N–H and O–H groups in total. The first-order chi connectivity index (χ1) is 11.3. The van der Waals surface area contributed by atoms with Crippen molar-refractivity contribution in [2.24, 2.45) is 0 Å². The zero-order chi connectivity index (χ0) is 17.7. The minimum atomic E-state index is -3.79. The summed E-state index contributed by atoms with van der Waals surface area (Å²) in [6.45, 7) is 0.316. The number of sulfonamides is 1. The van der Waals surface area contributed by atoms with E-state index in [0.717, 1.165) is 6.42 Å². The van der Waals surface area contributed by atoms with Gasteiger partial charge in [-0.2, -0.15) is 4.72 Å². The highest BCUT2D eigenvalue weighted by molar-refractivity contribution is 7.89. The van der Waals surface area contributed by atoms with Crippen LogP contribution in [0.25, 0.3) is 0 Å². The highest BCUT2D eigenvalue weighted by atomic mass is 32.2. The van der Waals surface area contributed by atoms with Crippen LogP contribution < -0.4 is 4.72 Å². The second-order valence-electron chi connectivity index (χ2n) is 5.45. The Labute approximate surface area is 140 Å². The van der Waals surface area contributed by atoms with Gasteiger partial charge in [-0.1, -0.05) is 12.0 Å². The van der Waals surface area contributed by atoms with E-state index in [1.807, 2.05) is 0 Å². The third kappa shape index (κ3) is 4.13. The van der Waals surface area contributed by atoms with Crippen molar-refractivity contribution >= 4 is 21.9 Å². The Kier molecular flexibility index (Phi) is 5.59. The number of hydrogen-bond acceptors (Lipinski definition) is 4. The average Bonchev–Trinajstić information content (AvgIpc) is 2.99. The van der Waals surface area contributed by atoms with E-state index in [9.17, 15) is 18.0 Å². The molecule has 1 saturated heterocycles. The van der Waals surface area contributed by atoms with Crippen molar-refractivity contribution in [1.29, 1.82) is 0 Å². The Balaban J connectivity index is 2.23. The first-order valence-electron chi connectivity index (χ1n) is 7.41. The van der Waals surface area contributed by atoms with Crippen molar-refractivity contribution in [1.82, 2.24) is 9.62 Å². The molecular weight excluding hydrogens is 332 g/mol. The monoisotopic (exact) mass is 350 g/mol. The van der Waals surface area contributed by atoms with Crippen molar-refractivity contribution < 1.29 is 23.1 Å². The van der Waals surface area contributed by atoms with E-state index in [4.69, 9.17) is 11.5 Å². The normalized spacial score (nSPS) is 17.5. The summed E-state index contributed by atoms with van der Waals surface area (Å²) < 4.78 is 26.4. The van der Waals surface area contributed by atoms with Gasteiger partial charge in [-0.25, -0.2) is 8.42 Å². The van der Waals surface area contributed by atoms with Crippen LogP contribution in [-0.2, 0) is 14.8 Å². The first-order valence-corrected chi connectivity index (χ1v) is 8.89. The fourth-order valence-corrected chi connectivity index (χ4v) is 3.68. The van der Waals surface area contributed by atoms with Gasteiger partial charge in [-0.15, -0.1) is 6.42 Å². The summed E-state index contributed by atoms with van der Waals surface area (Å²) >= 11 is 0. The van der Waals surface area contributed by atoms with Crippen LogP contribution in [0, 0.1) is 12.3 Å². The summed E-state index contributed by atoms with van der Waals surface area (Å²) in [5, 5.41) is 8.94. The number of carboxylic acid groups (broad SMARTS) is 1. The van der Waals surface area contributed by atoms with Crippen LogP contribution in [0.1, 0.15) is 29.6 Å². The van der Waals surface area contributed by atoms with Gasteiger partial charge >= 0.3 is 5.97 Å². The van der Waals surface area contributed by atoms with Crippen LogP contribution in [0.2, 0.25) is 0 Å². The summed E-state index contributed by atoms with van der Waals surface area (Å²) in [6, 6.07) is 5.26. The molecule has 7 nitrogen and oxygen atoms in total. The molecule has 8 heteroatoms. The SMILES string of the molecule is C#CCNS(=O)(=O)c1cccc(C(=O)N2CCCC2CC(=O)O)c1. The molecule has 1 unspecified atom stereocenters. The molecule has 1 heterocycles. The van der Waals surface area contributed by atoms with Gasteiger partial charge in [-0.05, 0) is 31.0 Å². The van der Waals surface area contributed by atoms with E-state index in [-0.39, 0.29) is 35.4 Å². The number of aliphatic carboxylic acids is 1. The highest BCUT2D eigenvalue weighted by Gasteiger charge is 2.31. The van der Waals surface area contributed by atoms with Crippen LogP contribution in [0.5, 0.6) is 0 Å². The molecule has 1 aliphatic heterocycles. The molecule has 1 amide bonds. The van der Waals surface area contributed by atoms with Gasteiger partial charge in [-0.3, -0.25) is 9.59 Å². The highest BCUT2D eigenvalue weighted by Crippen LogP contribution is 2.23. The van der Waals surface area contributed by atoms with E-state index < -0.39 is 16.0 Å². The van der Waals surface area contributed by atoms with Crippen molar-refractivity contribution in [2.75, 3.05) is 13.1 Å². The van der Waals surface area contributed by atoms with Gasteiger partial charge in [0, 0.05) is 18.2 Å². The fourth-order valence-electron chi connectivity index (χ4n) is 2.70. The zero-order valence-corrected chi connectivity index (χ0v) is 13.8. The molecule has 1 aromatic carbocycles. The third-order valence-electron chi connectivity index (χ3n) is 3.80. The van der Waals surface area contributed by atoms with E-state index >= 15 is 0 Å². The van der Waals surface area contributed by atoms with E-state index in [1.165, 1.54) is 29.2 Å². The van der Waals surface area contributed by atoms with Crippen molar-refractivity contribution in [3.8, 4) is 12.3 Å².